The van der Waals surface area contributed by atoms with Gasteiger partial charge < -0.3 is 9.47 Å². The standard InChI is InChI=1S/C8H14O2/c1-4-8(5-2)7(3)9-6-10-8/h3-6H2,1-2H3. The van der Waals surface area contributed by atoms with Crippen molar-refractivity contribution in [1.82, 2.24) is 0 Å². The molecule has 1 fully saturated rings. The minimum absolute atomic E-state index is 0.181. The Bertz CT molecular complexity index is 136. The predicted molar refractivity (Wildman–Crippen MR) is 39.5 cm³/mol. The molecule has 0 N–H and O–H groups in total. The van der Waals surface area contributed by atoms with Crippen LogP contribution in [0.15, 0.2) is 12.3 Å². The molecule has 1 saturated heterocycles. The molecule has 10 heavy (non-hydrogen) atoms. The molecule has 0 aliphatic carbocycles. The molecule has 1 rings (SSSR count). The second-order valence-corrected chi connectivity index (χ2v) is 2.53. The highest BCUT2D eigenvalue weighted by Gasteiger charge is 2.36. The Kier molecular flexibility index (Phi) is 2.00. The van der Waals surface area contributed by atoms with Crippen molar-refractivity contribution in [3.8, 4) is 0 Å². The topological polar surface area (TPSA) is 18.5 Å². The molecule has 1 aliphatic heterocycles. The van der Waals surface area contributed by atoms with Crippen molar-refractivity contribution in [2.75, 3.05) is 6.79 Å². The Hall–Kier alpha value is -0.500. The van der Waals surface area contributed by atoms with Crippen LogP contribution in [0.4, 0.5) is 0 Å². The lowest BCUT2D eigenvalue weighted by Crippen LogP contribution is -2.27. The normalized spacial score (nSPS) is 22.8. The summed E-state index contributed by atoms with van der Waals surface area (Å²) in [5.41, 5.74) is -0.181. The van der Waals surface area contributed by atoms with Crippen LogP contribution in [0, 0.1) is 0 Å². The van der Waals surface area contributed by atoms with Gasteiger partial charge in [0.05, 0.1) is 0 Å². The maximum Gasteiger partial charge on any atom is 0.189 e. The Balaban J connectivity index is 2.71. The molecule has 58 valence electrons. The monoisotopic (exact) mass is 142 g/mol. The minimum atomic E-state index is -0.181. The average molecular weight is 142 g/mol. The second kappa shape index (κ2) is 2.62. The van der Waals surface area contributed by atoms with E-state index in [1.54, 1.807) is 0 Å². The molecule has 0 amide bonds. The quantitative estimate of drug-likeness (QED) is 0.587. The summed E-state index contributed by atoms with van der Waals surface area (Å²) in [5.74, 6) is 0.789. The van der Waals surface area contributed by atoms with E-state index in [2.05, 4.69) is 20.4 Å². The molecule has 0 bridgehead atoms. The lowest BCUT2D eigenvalue weighted by molar-refractivity contribution is -0.0117. The molecule has 1 heterocycles. The molecule has 1 aliphatic rings. The van der Waals surface area contributed by atoms with Gasteiger partial charge in [-0.3, -0.25) is 0 Å². The van der Waals surface area contributed by atoms with Crippen LogP contribution in [0.1, 0.15) is 26.7 Å². The van der Waals surface area contributed by atoms with E-state index >= 15 is 0 Å². The molecular weight excluding hydrogens is 128 g/mol. The zero-order valence-electron chi connectivity index (χ0n) is 6.64. The van der Waals surface area contributed by atoms with E-state index in [-0.39, 0.29) is 5.60 Å². The SMILES string of the molecule is C=C1OCOC1(CC)CC. The maximum atomic E-state index is 5.43. The largest absolute Gasteiger partial charge is 0.469 e. The fraction of sp³-hybridized carbons (Fsp3) is 0.750. The first-order valence-corrected chi connectivity index (χ1v) is 3.71. The van der Waals surface area contributed by atoms with Crippen molar-refractivity contribution >= 4 is 0 Å². The molecule has 0 aromatic rings. The van der Waals surface area contributed by atoms with Gasteiger partial charge in [-0.1, -0.05) is 20.4 Å². The first-order valence-electron chi connectivity index (χ1n) is 3.71. The van der Waals surface area contributed by atoms with Crippen molar-refractivity contribution in [3.63, 3.8) is 0 Å². The van der Waals surface area contributed by atoms with Crippen molar-refractivity contribution in [2.45, 2.75) is 32.3 Å². The summed E-state index contributed by atoms with van der Waals surface area (Å²) >= 11 is 0. The molecule has 0 aromatic carbocycles. The van der Waals surface area contributed by atoms with E-state index in [1.165, 1.54) is 0 Å². The second-order valence-electron chi connectivity index (χ2n) is 2.53. The molecule has 0 radical (unpaired) electrons. The van der Waals surface area contributed by atoms with Crippen LogP contribution in [0.25, 0.3) is 0 Å². The summed E-state index contributed by atoms with van der Waals surface area (Å²) in [4.78, 5) is 0. The summed E-state index contributed by atoms with van der Waals surface area (Å²) < 4.78 is 10.6. The third-order valence-corrected chi connectivity index (χ3v) is 2.22. The van der Waals surface area contributed by atoms with Crippen LogP contribution in [-0.4, -0.2) is 12.4 Å². The van der Waals surface area contributed by atoms with E-state index in [1.807, 2.05) is 0 Å². The van der Waals surface area contributed by atoms with E-state index in [9.17, 15) is 0 Å². The third-order valence-electron chi connectivity index (χ3n) is 2.22. The van der Waals surface area contributed by atoms with Gasteiger partial charge in [0.2, 0.25) is 0 Å². The molecule has 0 spiro atoms. The van der Waals surface area contributed by atoms with Crippen molar-refractivity contribution < 1.29 is 9.47 Å². The predicted octanol–water partition coefficient (Wildman–Crippen LogP) is 2.06. The lowest BCUT2D eigenvalue weighted by Gasteiger charge is -2.22. The van der Waals surface area contributed by atoms with Crippen LogP contribution >= 0.6 is 0 Å². The Morgan fingerprint density at radius 2 is 2.10 bits per heavy atom. The van der Waals surface area contributed by atoms with Crippen molar-refractivity contribution in [1.29, 1.82) is 0 Å². The van der Waals surface area contributed by atoms with Gasteiger partial charge in [0.15, 0.2) is 6.79 Å². The summed E-state index contributed by atoms with van der Waals surface area (Å²) in [6.45, 7) is 8.35. The van der Waals surface area contributed by atoms with E-state index in [0.717, 1.165) is 18.6 Å². The third kappa shape index (κ3) is 0.926. The Labute approximate surface area is 61.8 Å². The zero-order chi connectivity index (χ0) is 7.61. The van der Waals surface area contributed by atoms with Crippen molar-refractivity contribution in [3.05, 3.63) is 12.3 Å². The zero-order valence-corrected chi connectivity index (χ0v) is 6.64. The number of rotatable bonds is 2. The van der Waals surface area contributed by atoms with E-state index < -0.39 is 0 Å². The molecule has 2 heteroatoms. The Morgan fingerprint density at radius 1 is 1.50 bits per heavy atom. The maximum absolute atomic E-state index is 5.43. The fourth-order valence-electron chi connectivity index (χ4n) is 1.27. The highest BCUT2D eigenvalue weighted by molar-refractivity contribution is 5.07. The van der Waals surface area contributed by atoms with Crippen molar-refractivity contribution in [2.24, 2.45) is 0 Å². The summed E-state index contributed by atoms with van der Waals surface area (Å²) in [6, 6.07) is 0. The highest BCUT2D eigenvalue weighted by Crippen LogP contribution is 2.33. The molecule has 0 saturated carbocycles. The van der Waals surface area contributed by atoms with Gasteiger partial charge >= 0.3 is 0 Å². The number of hydrogen-bond donors (Lipinski definition) is 0. The first-order chi connectivity index (χ1) is 4.75. The van der Waals surface area contributed by atoms with Gasteiger partial charge in [0.25, 0.3) is 0 Å². The number of hydrogen-bond acceptors (Lipinski definition) is 2. The highest BCUT2D eigenvalue weighted by atomic mass is 16.7. The molecule has 0 atom stereocenters. The summed E-state index contributed by atoms with van der Waals surface area (Å²) in [6.07, 6.45) is 1.89. The molecule has 0 unspecified atom stereocenters. The van der Waals surface area contributed by atoms with E-state index in [0.29, 0.717) is 6.79 Å². The van der Waals surface area contributed by atoms with Gasteiger partial charge in [0.1, 0.15) is 11.4 Å². The summed E-state index contributed by atoms with van der Waals surface area (Å²) in [7, 11) is 0. The van der Waals surface area contributed by atoms with Crippen LogP contribution in [0.5, 0.6) is 0 Å². The van der Waals surface area contributed by atoms with Crippen LogP contribution in [-0.2, 0) is 9.47 Å². The van der Waals surface area contributed by atoms with Gasteiger partial charge in [-0.05, 0) is 12.8 Å². The smallest absolute Gasteiger partial charge is 0.189 e. The summed E-state index contributed by atoms with van der Waals surface area (Å²) in [5, 5.41) is 0. The molecule has 2 nitrogen and oxygen atoms in total. The average Bonchev–Trinajstić information content (AvgIpc) is 2.32. The van der Waals surface area contributed by atoms with Gasteiger partial charge in [0, 0.05) is 0 Å². The molecule has 0 aromatic heterocycles. The van der Waals surface area contributed by atoms with Gasteiger partial charge in [-0.2, -0.15) is 0 Å². The minimum Gasteiger partial charge on any atom is -0.469 e. The van der Waals surface area contributed by atoms with Crippen LogP contribution < -0.4 is 0 Å². The van der Waals surface area contributed by atoms with Crippen LogP contribution in [0.2, 0.25) is 0 Å². The van der Waals surface area contributed by atoms with Gasteiger partial charge in [-0.15, -0.1) is 0 Å². The van der Waals surface area contributed by atoms with Gasteiger partial charge in [-0.25, -0.2) is 0 Å². The first kappa shape index (κ1) is 7.61. The molecular formula is C8H14O2. The van der Waals surface area contributed by atoms with Crippen LogP contribution in [0.3, 0.4) is 0 Å². The lowest BCUT2D eigenvalue weighted by atomic mass is 9.96. The fourth-order valence-corrected chi connectivity index (χ4v) is 1.27. The van der Waals surface area contributed by atoms with E-state index in [4.69, 9.17) is 9.47 Å². The Morgan fingerprint density at radius 3 is 2.30 bits per heavy atom. The number of ether oxygens (including phenoxy) is 2.